The van der Waals surface area contributed by atoms with Crippen LogP contribution in [0.2, 0.25) is 0 Å². The average molecular weight is 179 g/mol. The predicted molar refractivity (Wildman–Crippen MR) is 49.8 cm³/mol. The van der Waals surface area contributed by atoms with Crippen molar-refractivity contribution in [3.05, 3.63) is 22.8 Å². The van der Waals surface area contributed by atoms with Crippen LogP contribution in [-0.2, 0) is 9.53 Å². The van der Waals surface area contributed by atoms with Gasteiger partial charge in [0.2, 0.25) is 0 Å². The first kappa shape index (κ1) is 11.4. The smallest absolute Gasteiger partial charge is 0.348 e. The molecule has 0 radical (unpaired) electrons. The quantitative estimate of drug-likeness (QED) is 0.282. The number of carbonyl (C=O) groups is 1. The van der Waals surface area contributed by atoms with Crippen molar-refractivity contribution in [1.29, 1.82) is 5.26 Å². The molecule has 0 atom stereocenters. The lowest BCUT2D eigenvalue weighted by Gasteiger charge is -1.99. The summed E-state index contributed by atoms with van der Waals surface area (Å²) in [6.45, 7) is 5.51. The molecule has 70 valence electrons. The molecular weight excluding hydrogens is 166 g/mol. The van der Waals surface area contributed by atoms with Crippen LogP contribution in [0.3, 0.4) is 0 Å². The Labute approximate surface area is 78.3 Å². The van der Waals surface area contributed by atoms with Gasteiger partial charge in [0.1, 0.15) is 11.6 Å². The first-order valence-electron chi connectivity index (χ1n) is 3.87. The second-order valence-electron chi connectivity index (χ2n) is 2.88. The minimum Gasteiger partial charge on any atom is -0.465 e. The Morgan fingerprint density at radius 1 is 1.38 bits per heavy atom. The lowest BCUT2D eigenvalue weighted by molar-refractivity contribution is -0.135. The monoisotopic (exact) mass is 179 g/mol. The average Bonchev–Trinajstić information content (AvgIpc) is 2.03. The van der Waals surface area contributed by atoms with Gasteiger partial charge in [0.05, 0.1) is 7.11 Å². The SMILES string of the molecule is COC(=O)/C(C#N)=C(/C)C=C(C)C. The van der Waals surface area contributed by atoms with E-state index in [1.807, 2.05) is 19.9 Å². The molecule has 3 nitrogen and oxygen atoms in total. The van der Waals surface area contributed by atoms with E-state index in [2.05, 4.69) is 4.74 Å². The van der Waals surface area contributed by atoms with Crippen molar-refractivity contribution in [2.24, 2.45) is 0 Å². The fraction of sp³-hybridized carbons (Fsp3) is 0.400. The van der Waals surface area contributed by atoms with Crippen LogP contribution in [0.15, 0.2) is 22.8 Å². The number of hydrogen-bond acceptors (Lipinski definition) is 3. The summed E-state index contributed by atoms with van der Waals surface area (Å²) in [5, 5.41) is 8.67. The number of methoxy groups -OCH3 is 1. The molecule has 0 aromatic carbocycles. The zero-order valence-corrected chi connectivity index (χ0v) is 8.34. The minimum absolute atomic E-state index is 0.0590. The maximum atomic E-state index is 11.0. The predicted octanol–water partition coefficient (Wildman–Crippen LogP) is 1.97. The van der Waals surface area contributed by atoms with Gasteiger partial charge in [-0.25, -0.2) is 4.79 Å². The normalized spacial score (nSPS) is 11.0. The second kappa shape index (κ2) is 5.15. The number of ether oxygens (including phenoxy) is 1. The Bertz CT molecular complexity index is 301. The highest BCUT2D eigenvalue weighted by atomic mass is 16.5. The topological polar surface area (TPSA) is 50.1 Å². The van der Waals surface area contributed by atoms with Crippen LogP contribution in [0, 0.1) is 11.3 Å². The van der Waals surface area contributed by atoms with E-state index in [1.165, 1.54) is 7.11 Å². The number of hydrogen-bond donors (Lipinski definition) is 0. The van der Waals surface area contributed by atoms with Gasteiger partial charge < -0.3 is 4.74 Å². The summed E-state index contributed by atoms with van der Waals surface area (Å²) >= 11 is 0. The molecule has 0 spiro atoms. The fourth-order valence-corrected chi connectivity index (χ4v) is 0.902. The van der Waals surface area contributed by atoms with E-state index in [-0.39, 0.29) is 5.57 Å². The second-order valence-corrected chi connectivity index (χ2v) is 2.88. The van der Waals surface area contributed by atoms with Crippen molar-refractivity contribution in [3.63, 3.8) is 0 Å². The molecule has 0 aliphatic heterocycles. The summed E-state index contributed by atoms with van der Waals surface area (Å²) in [6, 6.07) is 1.82. The van der Waals surface area contributed by atoms with Crippen LogP contribution in [0.4, 0.5) is 0 Å². The Hall–Kier alpha value is -1.56. The molecule has 0 saturated carbocycles. The van der Waals surface area contributed by atoms with Gasteiger partial charge in [0.25, 0.3) is 0 Å². The van der Waals surface area contributed by atoms with Gasteiger partial charge in [-0.2, -0.15) is 5.26 Å². The van der Waals surface area contributed by atoms with Crippen molar-refractivity contribution in [2.45, 2.75) is 20.8 Å². The highest BCUT2D eigenvalue weighted by Crippen LogP contribution is 2.08. The first-order chi connectivity index (χ1) is 6.02. The maximum absolute atomic E-state index is 11.0. The fourth-order valence-electron chi connectivity index (χ4n) is 0.902. The molecule has 0 aromatic heterocycles. The van der Waals surface area contributed by atoms with Gasteiger partial charge in [-0.05, 0) is 26.3 Å². The molecule has 0 rings (SSSR count). The van der Waals surface area contributed by atoms with E-state index in [1.54, 1.807) is 13.0 Å². The Morgan fingerprint density at radius 2 is 1.92 bits per heavy atom. The number of esters is 1. The van der Waals surface area contributed by atoms with Crippen LogP contribution in [0.1, 0.15) is 20.8 Å². The summed E-state index contributed by atoms with van der Waals surface area (Å²) in [4.78, 5) is 11.0. The van der Waals surface area contributed by atoms with Crippen molar-refractivity contribution in [3.8, 4) is 6.07 Å². The molecule has 0 aliphatic carbocycles. The van der Waals surface area contributed by atoms with Gasteiger partial charge in [-0.15, -0.1) is 0 Å². The molecule has 3 heteroatoms. The summed E-state index contributed by atoms with van der Waals surface area (Å²) in [5.74, 6) is -0.586. The zero-order valence-electron chi connectivity index (χ0n) is 8.34. The number of carbonyl (C=O) groups excluding carboxylic acids is 1. The number of nitrogens with zero attached hydrogens (tertiary/aromatic N) is 1. The van der Waals surface area contributed by atoms with Crippen molar-refractivity contribution in [2.75, 3.05) is 7.11 Å². The molecule has 0 heterocycles. The lowest BCUT2D eigenvalue weighted by Crippen LogP contribution is -2.04. The van der Waals surface area contributed by atoms with Crippen LogP contribution in [-0.4, -0.2) is 13.1 Å². The first-order valence-corrected chi connectivity index (χ1v) is 3.87. The van der Waals surface area contributed by atoms with E-state index in [0.29, 0.717) is 5.57 Å². The third-order valence-corrected chi connectivity index (χ3v) is 1.40. The van der Waals surface area contributed by atoms with Crippen LogP contribution >= 0.6 is 0 Å². The van der Waals surface area contributed by atoms with E-state index in [9.17, 15) is 4.79 Å². The Balaban J connectivity index is 5.05. The lowest BCUT2D eigenvalue weighted by atomic mass is 10.1. The van der Waals surface area contributed by atoms with Crippen LogP contribution < -0.4 is 0 Å². The number of rotatable bonds is 2. The van der Waals surface area contributed by atoms with E-state index < -0.39 is 5.97 Å². The highest BCUT2D eigenvalue weighted by Gasteiger charge is 2.10. The van der Waals surface area contributed by atoms with E-state index in [4.69, 9.17) is 5.26 Å². The summed E-state index contributed by atoms with van der Waals surface area (Å²) in [6.07, 6.45) is 1.77. The standard InChI is InChI=1S/C10H13NO2/c1-7(2)5-8(3)9(6-11)10(12)13-4/h5H,1-4H3/b9-8-. The molecule has 0 amide bonds. The molecular formula is C10H13NO2. The highest BCUT2D eigenvalue weighted by molar-refractivity contribution is 5.94. The molecule has 0 fully saturated rings. The Kier molecular flexibility index (Phi) is 4.53. The van der Waals surface area contributed by atoms with E-state index >= 15 is 0 Å². The van der Waals surface area contributed by atoms with Gasteiger partial charge in [0.15, 0.2) is 0 Å². The molecule has 0 aromatic rings. The third-order valence-electron chi connectivity index (χ3n) is 1.40. The van der Waals surface area contributed by atoms with Crippen molar-refractivity contribution < 1.29 is 9.53 Å². The molecule has 13 heavy (non-hydrogen) atoms. The Morgan fingerprint density at radius 3 is 2.23 bits per heavy atom. The molecule has 0 bridgehead atoms. The number of nitriles is 1. The van der Waals surface area contributed by atoms with Gasteiger partial charge >= 0.3 is 5.97 Å². The van der Waals surface area contributed by atoms with Crippen LogP contribution in [0.5, 0.6) is 0 Å². The molecule has 0 aliphatic rings. The number of allylic oxidation sites excluding steroid dienone is 3. The van der Waals surface area contributed by atoms with Gasteiger partial charge in [-0.3, -0.25) is 0 Å². The molecule has 0 saturated heterocycles. The zero-order chi connectivity index (χ0) is 10.4. The third kappa shape index (κ3) is 3.57. The summed E-state index contributed by atoms with van der Waals surface area (Å²) in [7, 11) is 1.26. The van der Waals surface area contributed by atoms with Crippen LogP contribution in [0.25, 0.3) is 0 Å². The van der Waals surface area contributed by atoms with E-state index in [0.717, 1.165) is 5.57 Å². The van der Waals surface area contributed by atoms with Gasteiger partial charge in [-0.1, -0.05) is 11.6 Å². The maximum Gasteiger partial charge on any atom is 0.348 e. The molecule has 0 N–H and O–H groups in total. The summed E-state index contributed by atoms with van der Waals surface area (Å²) < 4.78 is 4.46. The summed E-state index contributed by atoms with van der Waals surface area (Å²) in [5.41, 5.74) is 1.73. The molecule has 0 unspecified atom stereocenters. The minimum atomic E-state index is -0.586. The largest absolute Gasteiger partial charge is 0.465 e. The van der Waals surface area contributed by atoms with Gasteiger partial charge in [0, 0.05) is 0 Å². The van der Waals surface area contributed by atoms with Crippen molar-refractivity contribution in [1.82, 2.24) is 0 Å². The van der Waals surface area contributed by atoms with Crippen molar-refractivity contribution >= 4 is 5.97 Å².